The average molecular weight is 255 g/mol. The molecule has 1 aromatic carbocycles. The molecular weight excluding hydrogens is 244 g/mol. The smallest absolute Gasteiger partial charge is 0.158 e. The molecule has 0 aromatic heterocycles. The average Bonchev–Trinajstić information content (AvgIpc) is 2.15. The summed E-state index contributed by atoms with van der Waals surface area (Å²) in [5.74, 6) is -0.197. The van der Waals surface area contributed by atoms with Gasteiger partial charge in [-0.2, -0.15) is 0 Å². The van der Waals surface area contributed by atoms with Crippen molar-refractivity contribution in [2.45, 2.75) is 13.0 Å². The van der Waals surface area contributed by atoms with Crippen molar-refractivity contribution in [3.05, 3.63) is 46.5 Å². The maximum absolute atomic E-state index is 11.0. The number of hydrogen-bond donors (Lipinski definition) is 1. The van der Waals surface area contributed by atoms with E-state index < -0.39 is 6.10 Å². The number of carbonyl (C=O) groups is 1. The first-order valence-corrected chi connectivity index (χ1v) is 4.95. The number of aliphatic hydroxyl groups is 1. The van der Waals surface area contributed by atoms with Gasteiger partial charge in [-0.3, -0.25) is 4.79 Å². The molecule has 0 saturated carbocycles. The van der Waals surface area contributed by atoms with Crippen molar-refractivity contribution in [2.75, 3.05) is 0 Å². The van der Waals surface area contributed by atoms with Gasteiger partial charge in [0.1, 0.15) is 6.10 Å². The van der Waals surface area contributed by atoms with Crippen molar-refractivity contribution in [2.24, 2.45) is 0 Å². The molecule has 1 rings (SSSR count). The lowest BCUT2D eigenvalue weighted by Crippen LogP contribution is -2.07. The standard InChI is InChI=1S/C11H11BrO2/c1-7(8(2)13)11(14)9-4-3-5-10(12)6-9/h3-6,11,14H,1H2,2H3/t11-/m0/s1. The van der Waals surface area contributed by atoms with Gasteiger partial charge in [0.2, 0.25) is 0 Å². The van der Waals surface area contributed by atoms with Crippen LogP contribution in [0.1, 0.15) is 18.6 Å². The number of carbonyl (C=O) groups excluding carboxylic acids is 1. The molecule has 0 fully saturated rings. The van der Waals surface area contributed by atoms with Crippen LogP contribution in [0.25, 0.3) is 0 Å². The van der Waals surface area contributed by atoms with Crippen molar-refractivity contribution in [3.63, 3.8) is 0 Å². The molecule has 2 nitrogen and oxygen atoms in total. The number of halogens is 1. The van der Waals surface area contributed by atoms with E-state index in [1.807, 2.05) is 6.07 Å². The Bertz CT molecular complexity index is 371. The zero-order chi connectivity index (χ0) is 10.7. The topological polar surface area (TPSA) is 37.3 Å². The van der Waals surface area contributed by atoms with Gasteiger partial charge in [0, 0.05) is 10.0 Å². The fourth-order valence-corrected chi connectivity index (χ4v) is 1.49. The minimum Gasteiger partial charge on any atom is -0.384 e. The maximum Gasteiger partial charge on any atom is 0.158 e. The molecule has 74 valence electrons. The Labute approximate surface area is 91.4 Å². The fourth-order valence-electron chi connectivity index (χ4n) is 1.07. The second-order valence-electron chi connectivity index (χ2n) is 3.04. The number of aliphatic hydroxyl groups excluding tert-OH is 1. The molecule has 0 saturated heterocycles. The Morgan fingerprint density at radius 3 is 2.71 bits per heavy atom. The van der Waals surface area contributed by atoms with Crippen LogP contribution in [0.3, 0.4) is 0 Å². The molecule has 0 radical (unpaired) electrons. The molecule has 0 spiro atoms. The van der Waals surface area contributed by atoms with Crippen LogP contribution in [0.15, 0.2) is 40.9 Å². The van der Waals surface area contributed by atoms with Gasteiger partial charge in [-0.15, -0.1) is 0 Å². The summed E-state index contributed by atoms with van der Waals surface area (Å²) in [6, 6.07) is 7.17. The van der Waals surface area contributed by atoms with E-state index in [0.29, 0.717) is 5.56 Å². The highest BCUT2D eigenvalue weighted by Gasteiger charge is 2.14. The summed E-state index contributed by atoms with van der Waals surface area (Å²) in [6.07, 6.45) is -0.912. The number of benzene rings is 1. The van der Waals surface area contributed by atoms with E-state index in [-0.39, 0.29) is 11.4 Å². The molecule has 1 atom stereocenters. The Balaban J connectivity index is 2.95. The minimum atomic E-state index is -0.912. The summed E-state index contributed by atoms with van der Waals surface area (Å²) in [6.45, 7) is 4.94. The van der Waals surface area contributed by atoms with E-state index in [9.17, 15) is 9.90 Å². The Morgan fingerprint density at radius 1 is 1.57 bits per heavy atom. The van der Waals surface area contributed by atoms with Gasteiger partial charge in [0.25, 0.3) is 0 Å². The third kappa shape index (κ3) is 2.53. The molecule has 14 heavy (non-hydrogen) atoms. The molecule has 1 aromatic rings. The minimum absolute atomic E-state index is 0.197. The molecule has 0 amide bonds. The van der Waals surface area contributed by atoms with Gasteiger partial charge in [-0.1, -0.05) is 34.6 Å². The summed E-state index contributed by atoms with van der Waals surface area (Å²) in [5, 5.41) is 9.74. The van der Waals surface area contributed by atoms with E-state index >= 15 is 0 Å². The molecule has 0 bridgehead atoms. The molecule has 0 aliphatic heterocycles. The lowest BCUT2D eigenvalue weighted by atomic mass is 10.0. The maximum atomic E-state index is 11.0. The summed E-state index contributed by atoms with van der Waals surface area (Å²) in [5.41, 5.74) is 0.877. The van der Waals surface area contributed by atoms with E-state index in [0.717, 1.165) is 4.47 Å². The van der Waals surface area contributed by atoms with Crippen molar-refractivity contribution in [1.82, 2.24) is 0 Å². The highest BCUT2D eigenvalue weighted by molar-refractivity contribution is 9.10. The summed E-state index contributed by atoms with van der Waals surface area (Å²) in [4.78, 5) is 11.0. The molecule has 0 aliphatic carbocycles. The van der Waals surface area contributed by atoms with Crippen LogP contribution in [0.5, 0.6) is 0 Å². The predicted octanol–water partition coefficient (Wildman–Crippen LogP) is 2.63. The van der Waals surface area contributed by atoms with E-state index in [2.05, 4.69) is 22.5 Å². The first-order valence-electron chi connectivity index (χ1n) is 4.15. The predicted molar refractivity (Wildman–Crippen MR) is 58.9 cm³/mol. The fraction of sp³-hybridized carbons (Fsp3) is 0.182. The van der Waals surface area contributed by atoms with Gasteiger partial charge in [0.05, 0.1) is 0 Å². The Hall–Kier alpha value is -0.930. The summed E-state index contributed by atoms with van der Waals surface area (Å²) in [7, 11) is 0. The van der Waals surface area contributed by atoms with Gasteiger partial charge in [-0.25, -0.2) is 0 Å². The molecule has 0 heterocycles. The molecule has 3 heteroatoms. The Morgan fingerprint density at radius 2 is 2.21 bits per heavy atom. The van der Waals surface area contributed by atoms with Crippen LogP contribution < -0.4 is 0 Å². The lowest BCUT2D eigenvalue weighted by Gasteiger charge is -2.11. The van der Waals surface area contributed by atoms with E-state index in [4.69, 9.17) is 0 Å². The van der Waals surface area contributed by atoms with E-state index in [1.54, 1.807) is 18.2 Å². The molecular formula is C11H11BrO2. The van der Waals surface area contributed by atoms with Crippen LogP contribution in [0.4, 0.5) is 0 Å². The SMILES string of the molecule is C=C(C(C)=O)[C@H](O)c1cccc(Br)c1. The van der Waals surface area contributed by atoms with Gasteiger partial charge in [0.15, 0.2) is 5.78 Å². The van der Waals surface area contributed by atoms with Crippen LogP contribution in [-0.4, -0.2) is 10.9 Å². The van der Waals surface area contributed by atoms with Crippen LogP contribution in [0, 0.1) is 0 Å². The van der Waals surface area contributed by atoms with Crippen molar-refractivity contribution >= 4 is 21.7 Å². The van der Waals surface area contributed by atoms with Crippen LogP contribution >= 0.6 is 15.9 Å². The second kappa shape index (κ2) is 4.53. The first kappa shape index (κ1) is 11.1. The van der Waals surface area contributed by atoms with Crippen molar-refractivity contribution in [3.8, 4) is 0 Å². The van der Waals surface area contributed by atoms with E-state index in [1.165, 1.54) is 6.92 Å². The monoisotopic (exact) mass is 254 g/mol. The number of hydrogen-bond acceptors (Lipinski definition) is 2. The normalized spacial score (nSPS) is 12.2. The number of rotatable bonds is 3. The largest absolute Gasteiger partial charge is 0.384 e. The summed E-state index contributed by atoms with van der Waals surface area (Å²) < 4.78 is 0.866. The number of ketones is 1. The van der Waals surface area contributed by atoms with Gasteiger partial charge >= 0.3 is 0 Å². The zero-order valence-electron chi connectivity index (χ0n) is 7.83. The zero-order valence-corrected chi connectivity index (χ0v) is 9.41. The molecule has 0 aliphatic rings. The summed E-state index contributed by atoms with van der Waals surface area (Å²) >= 11 is 3.29. The lowest BCUT2D eigenvalue weighted by molar-refractivity contribution is -0.114. The Kier molecular flexibility index (Phi) is 3.61. The third-order valence-electron chi connectivity index (χ3n) is 1.95. The quantitative estimate of drug-likeness (QED) is 0.843. The van der Waals surface area contributed by atoms with Crippen LogP contribution in [-0.2, 0) is 4.79 Å². The van der Waals surface area contributed by atoms with Gasteiger partial charge in [-0.05, 0) is 24.6 Å². The second-order valence-corrected chi connectivity index (χ2v) is 3.95. The highest BCUT2D eigenvalue weighted by atomic mass is 79.9. The molecule has 1 N–H and O–H groups in total. The first-order chi connectivity index (χ1) is 6.52. The third-order valence-corrected chi connectivity index (χ3v) is 2.44. The van der Waals surface area contributed by atoms with Crippen molar-refractivity contribution < 1.29 is 9.90 Å². The molecule has 0 unspecified atom stereocenters. The van der Waals surface area contributed by atoms with Crippen molar-refractivity contribution in [1.29, 1.82) is 0 Å². The van der Waals surface area contributed by atoms with Crippen LogP contribution in [0.2, 0.25) is 0 Å². The van der Waals surface area contributed by atoms with Gasteiger partial charge < -0.3 is 5.11 Å². The number of Topliss-reactive ketones (excluding diaryl/α,β-unsaturated/α-hetero) is 1. The highest BCUT2D eigenvalue weighted by Crippen LogP contribution is 2.23.